The molecule has 0 radical (unpaired) electrons. The Morgan fingerprint density at radius 2 is 2.25 bits per heavy atom. The SMILES string of the molecule is CCOCCCNC(=NC)N(C)Cc1cccn1C.I. The van der Waals surface area contributed by atoms with Gasteiger partial charge in [-0.3, -0.25) is 4.99 Å². The van der Waals surface area contributed by atoms with Gasteiger partial charge in [0.15, 0.2) is 5.96 Å². The van der Waals surface area contributed by atoms with E-state index in [1.54, 1.807) is 0 Å². The highest BCUT2D eigenvalue weighted by molar-refractivity contribution is 14.0. The molecule has 0 fully saturated rings. The summed E-state index contributed by atoms with van der Waals surface area (Å²) in [6.07, 6.45) is 3.05. The maximum absolute atomic E-state index is 5.31. The molecule has 0 saturated carbocycles. The first-order valence-corrected chi connectivity index (χ1v) is 6.78. The maximum atomic E-state index is 5.31. The van der Waals surface area contributed by atoms with E-state index in [9.17, 15) is 0 Å². The van der Waals surface area contributed by atoms with Crippen molar-refractivity contribution >= 4 is 29.9 Å². The van der Waals surface area contributed by atoms with Crippen LogP contribution in [0.1, 0.15) is 19.0 Å². The molecule has 0 amide bonds. The number of aromatic nitrogens is 1. The predicted octanol–water partition coefficient (Wildman–Crippen LogP) is 2.08. The number of hydrogen-bond acceptors (Lipinski definition) is 2. The van der Waals surface area contributed by atoms with Crippen molar-refractivity contribution in [2.75, 3.05) is 33.9 Å². The predicted molar refractivity (Wildman–Crippen MR) is 94.8 cm³/mol. The van der Waals surface area contributed by atoms with E-state index in [1.165, 1.54) is 5.69 Å². The number of ether oxygens (including phenoxy) is 1. The molecule has 5 nitrogen and oxygen atoms in total. The zero-order chi connectivity index (χ0) is 14.1. The summed E-state index contributed by atoms with van der Waals surface area (Å²) in [6, 6.07) is 4.18. The van der Waals surface area contributed by atoms with Crippen LogP contribution in [0.5, 0.6) is 0 Å². The van der Waals surface area contributed by atoms with Crippen LogP contribution in [0.4, 0.5) is 0 Å². The number of aliphatic imine (C=N–C) groups is 1. The highest BCUT2D eigenvalue weighted by atomic mass is 127. The van der Waals surface area contributed by atoms with E-state index in [0.29, 0.717) is 0 Å². The van der Waals surface area contributed by atoms with Crippen molar-refractivity contribution in [3.8, 4) is 0 Å². The Morgan fingerprint density at radius 1 is 1.50 bits per heavy atom. The average Bonchev–Trinajstić information content (AvgIpc) is 2.79. The third-order valence-electron chi connectivity index (χ3n) is 2.98. The average molecular weight is 394 g/mol. The number of aryl methyl sites for hydroxylation is 1. The molecule has 0 atom stereocenters. The minimum absolute atomic E-state index is 0. The minimum atomic E-state index is 0. The van der Waals surface area contributed by atoms with Crippen molar-refractivity contribution in [3.63, 3.8) is 0 Å². The van der Waals surface area contributed by atoms with Crippen LogP contribution < -0.4 is 5.32 Å². The molecule has 1 heterocycles. The van der Waals surface area contributed by atoms with Crippen LogP contribution >= 0.6 is 24.0 Å². The van der Waals surface area contributed by atoms with Gasteiger partial charge in [0, 0.05) is 52.8 Å². The minimum Gasteiger partial charge on any atom is -0.382 e. The lowest BCUT2D eigenvalue weighted by molar-refractivity contribution is 0.145. The van der Waals surface area contributed by atoms with Gasteiger partial charge in [0.2, 0.25) is 0 Å². The summed E-state index contributed by atoms with van der Waals surface area (Å²) in [7, 11) is 5.92. The maximum Gasteiger partial charge on any atom is 0.193 e. The second-order valence-electron chi connectivity index (χ2n) is 4.49. The van der Waals surface area contributed by atoms with E-state index in [-0.39, 0.29) is 24.0 Å². The van der Waals surface area contributed by atoms with Gasteiger partial charge >= 0.3 is 0 Å². The van der Waals surface area contributed by atoms with Gasteiger partial charge in [0.05, 0.1) is 6.54 Å². The summed E-state index contributed by atoms with van der Waals surface area (Å²) in [5.74, 6) is 0.915. The molecule has 0 aliphatic carbocycles. The van der Waals surface area contributed by atoms with Gasteiger partial charge < -0.3 is 19.5 Å². The van der Waals surface area contributed by atoms with Crippen LogP contribution in [0.15, 0.2) is 23.3 Å². The van der Waals surface area contributed by atoms with Crippen molar-refractivity contribution in [1.82, 2.24) is 14.8 Å². The molecule has 1 N–H and O–H groups in total. The largest absolute Gasteiger partial charge is 0.382 e. The van der Waals surface area contributed by atoms with E-state index < -0.39 is 0 Å². The Kier molecular flexibility index (Phi) is 10.5. The van der Waals surface area contributed by atoms with Crippen LogP contribution in [0.25, 0.3) is 0 Å². The van der Waals surface area contributed by atoms with Gasteiger partial charge in [-0.25, -0.2) is 0 Å². The fourth-order valence-electron chi connectivity index (χ4n) is 1.88. The lowest BCUT2D eigenvalue weighted by Crippen LogP contribution is -2.39. The van der Waals surface area contributed by atoms with Crippen LogP contribution in [-0.2, 0) is 18.3 Å². The third-order valence-corrected chi connectivity index (χ3v) is 2.98. The molecule has 0 saturated heterocycles. The Bertz CT molecular complexity index is 392. The second-order valence-corrected chi connectivity index (χ2v) is 4.49. The molecule has 1 rings (SSSR count). The third kappa shape index (κ3) is 6.60. The number of halogens is 1. The Balaban J connectivity index is 0.00000361. The lowest BCUT2D eigenvalue weighted by Gasteiger charge is -2.22. The van der Waals surface area contributed by atoms with Gasteiger partial charge in [0.1, 0.15) is 0 Å². The monoisotopic (exact) mass is 394 g/mol. The highest BCUT2D eigenvalue weighted by Crippen LogP contribution is 2.03. The van der Waals surface area contributed by atoms with Gasteiger partial charge in [-0.2, -0.15) is 0 Å². The summed E-state index contributed by atoms with van der Waals surface area (Å²) in [5, 5.41) is 3.35. The van der Waals surface area contributed by atoms with Gasteiger partial charge in [0.25, 0.3) is 0 Å². The van der Waals surface area contributed by atoms with Crippen molar-refractivity contribution in [2.45, 2.75) is 19.9 Å². The second kappa shape index (κ2) is 11.0. The summed E-state index contributed by atoms with van der Waals surface area (Å²) in [4.78, 5) is 6.42. The molecule has 0 spiro atoms. The van der Waals surface area contributed by atoms with Crippen molar-refractivity contribution in [2.24, 2.45) is 12.0 Å². The molecule has 0 unspecified atom stereocenters. The zero-order valence-corrected chi connectivity index (χ0v) is 15.3. The number of guanidine groups is 1. The molecule has 6 heteroatoms. The van der Waals surface area contributed by atoms with Crippen LogP contribution in [0.3, 0.4) is 0 Å². The van der Waals surface area contributed by atoms with Gasteiger partial charge in [-0.15, -0.1) is 24.0 Å². The van der Waals surface area contributed by atoms with E-state index in [0.717, 1.165) is 38.7 Å². The number of hydrogen-bond donors (Lipinski definition) is 1. The summed E-state index contributed by atoms with van der Waals surface area (Å²) >= 11 is 0. The van der Waals surface area contributed by atoms with Crippen LogP contribution in [-0.4, -0.2) is 49.3 Å². The Hall–Kier alpha value is -0.760. The molecular formula is C14H27IN4O. The normalized spacial score (nSPS) is 11.1. The molecular weight excluding hydrogens is 367 g/mol. The molecule has 0 bridgehead atoms. The first-order chi connectivity index (χ1) is 9.19. The lowest BCUT2D eigenvalue weighted by atomic mass is 10.4. The van der Waals surface area contributed by atoms with Crippen LogP contribution in [0, 0.1) is 0 Å². The van der Waals surface area contributed by atoms with E-state index in [2.05, 4.69) is 45.2 Å². The smallest absolute Gasteiger partial charge is 0.193 e. The standard InChI is InChI=1S/C14H26N4O.HI/c1-5-19-11-7-9-16-14(15-2)18(4)12-13-8-6-10-17(13)3;/h6,8,10H,5,7,9,11-12H2,1-4H3,(H,15,16);1H. The molecule has 1 aromatic rings. The van der Waals surface area contributed by atoms with Crippen LogP contribution in [0.2, 0.25) is 0 Å². The zero-order valence-electron chi connectivity index (χ0n) is 12.9. The van der Waals surface area contributed by atoms with Gasteiger partial charge in [-0.1, -0.05) is 0 Å². The van der Waals surface area contributed by atoms with E-state index >= 15 is 0 Å². The van der Waals surface area contributed by atoms with Crippen molar-refractivity contribution in [1.29, 1.82) is 0 Å². The molecule has 1 aromatic heterocycles. The first-order valence-electron chi connectivity index (χ1n) is 6.78. The molecule has 116 valence electrons. The highest BCUT2D eigenvalue weighted by Gasteiger charge is 2.07. The molecule has 0 aliphatic heterocycles. The summed E-state index contributed by atoms with van der Waals surface area (Å²) in [6.45, 7) is 5.31. The summed E-state index contributed by atoms with van der Waals surface area (Å²) in [5.41, 5.74) is 1.26. The first kappa shape index (κ1) is 19.2. The van der Waals surface area contributed by atoms with E-state index in [1.807, 2.05) is 21.0 Å². The van der Waals surface area contributed by atoms with E-state index in [4.69, 9.17) is 4.74 Å². The number of rotatable bonds is 7. The molecule has 0 aliphatic rings. The number of nitrogens with zero attached hydrogens (tertiary/aromatic N) is 3. The topological polar surface area (TPSA) is 41.8 Å². The molecule has 0 aromatic carbocycles. The van der Waals surface area contributed by atoms with Gasteiger partial charge in [-0.05, 0) is 25.5 Å². The Labute approximate surface area is 139 Å². The Morgan fingerprint density at radius 3 is 2.80 bits per heavy atom. The quantitative estimate of drug-likeness (QED) is 0.333. The fraction of sp³-hybridized carbons (Fsp3) is 0.643. The van der Waals surface area contributed by atoms with Crippen molar-refractivity contribution < 1.29 is 4.74 Å². The number of nitrogens with one attached hydrogen (secondary N) is 1. The van der Waals surface area contributed by atoms with Crippen molar-refractivity contribution in [3.05, 3.63) is 24.0 Å². The molecule has 20 heavy (non-hydrogen) atoms. The fourth-order valence-corrected chi connectivity index (χ4v) is 1.88. The summed E-state index contributed by atoms with van der Waals surface area (Å²) < 4.78 is 7.44.